The third-order valence-corrected chi connectivity index (χ3v) is 7.24. The summed E-state index contributed by atoms with van der Waals surface area (Å²) in [5, 5.41) is 2.89. The van der Waals surface area contributed by atoms with Crippen LogP contribution in [0.4, 0.5) is 0 Å². The standard InChI is InChI=1S/C17H16N2O2S2/c20-23(21,16-7-1-4-13-5-2-9-18-17(13)16)19-10-8-14(12-19)15-6-3-11-22-15/h1-7,9,11,14H,8,10,12H2. The first-order valence-corrected chi connectivity index (χ1v) is 9.85. The van der Waals surface area contributed by atoms with E-state index >= 15 is 0 Å². The van der Waals surface area contributed by atoms with Crippen LogP contribution in [-0.2, 0) is 10.0 Å². The molecule has 2 aromatic heterocycles. The summed E-state index contributed by atoms with van der Waals surface area (Å²) < 4.78 is 27.7. The van der Waals surface area contributed by atoms with Crippen molar-refractivity contribution in [1.82, 2.24) is 9.29 Å². The molecule has 4 nitrogen and oxygen atoms in total. The normalized spacial score (nSPS) is 19.4. The minimum atomic E-state index is -3.51. The summed E-state index contributed by atoms with van der Waals surface area (Å²) in [5.41, 5.74) is 0.551. The number of sulfonamides is 1. The van der Waals surface area contributed by atoms with E-state index < -0.39 is 10.0 Å². The zero-order valence-corrected chi connectivity index (χ0v) is 14.1. The molecule has 1 aromatic carbocycles. The highest BCUT2D eigenvalue weighted by Crippen LogP contribution is 2.34. The van der Waals surface area contributed by atoms with E-state index in [9.17, 15) is 8.42 Å². The first kappa shape index (κ1) is 14.8. The quantitative estimate of drug-likeness (QED) is 0.731. The van der Waals surface area contributed by atoms with E-state index in [4.69, 9.17) is 0 Å². The topological polar surface area (TPSA) is 50.3 Å². The maximum atomic E-state index is 13.1. The average molecular weight is 344 g/mol. The molecule has 3 heterocycles. The molecule has 0 bridgehead atoms. The Morgan fingerprint density at radius 3 is 2.83 bits per heavy atom. The fourth-order valence-electron chi connectivity index (χ4n) is 3.13. The molecule has 1 atom stereocenters. The predicted molar refractivity (Wildman–Crippen MR) is 92.2 cm³/mol. The van der Waals surface area contributed by atoms with Gasteiger partial charge < -0.3 is 0 Å². The molecule has 4 rings (SSSR count). The molecule has 1 saturated heterocycles. The zero-order chi connectivity index (χ0) is 15.9. The number of nitrogens with zero attached hydrogens (tertiary/aromatic N) is 2. The highest BCUT2D eigenvalue weighted by atomic mass is 32.2. The lowest BCUT2D eigenvalue weighted by atomic mass is 10.1. The maximum absolute atomic E-state index is 13.1. The van der Waals surface area contributed by atoms with Gasteiger partial charge in [0.2, 0.25) is 10.0 Å². The van der Waals surface area contributed by atoms with Gasteiger partial charge in [0.25, 0.3) is 0 Å². The van der Waals surface area contributed by atoms with Gasteiger partial charge in [0.05, 0.1) is 5.52 Å². The molecular weight excluding hydrogens is 328 g/mol. The molecular formula is C17H16N2O2S2. The van der Waals surface area contributed by atoms with E-state index in [0.717, 1.165) is 11.8 Å². The number of hydrogen-bond acceptors (Lipinski definition) is 4. The van der Waals surface area contributed by atoms with Gasteiger partial charge in [0.15, 0.2) is 0 Å². The fourth-order valence-corrected chi connectivity index (χ4v) is 5.65. The van der Waals surface area contributed by atoms with Crippen LogP contribution < -0.4 is 0 Å². The molecule has 0 aliphatic carbocycles. The van der Waals surface area contributed by atoms with Gasteiger partial charge >= 0.3 is 0 Å². The van der Waals surface area contributed by atoms with Gasteiger partial charge in [0.1, 0.15) is 4.90 Å². The van der Waals surface area contributed by atoms with Crippen LogP contribution in [0.2, 0.25) is 0 Å². The van der Waals surface area contributed by atoms with Crippen LogP contribution in [0.3, 0.4) is 0 Å². The van der Waals surface area contributed by atoms with Crippen molar-refractivity contribution in [2.75, 3.05) is 13.1 Å². The zero-order valence-electron chi connectivity index (χ0n) is 12.4. The summed E-state index contributed by atoms with van der Waals surface area (Å²) in [6.07, 6.45) is 2.51. The van der Waals surface area contributed by atoms with Gasteiger partial charge in [-0.1, -0.05) is 24.3 Å². The smallest absolute Gasteiger partial charge is 0.245 e. The van der Waals surface area contributed by atoms with Crippen LogP contribution in [0.5, 0.6) is 0 Å². The van der Waals surface area contributed by atoms with Crippen LogP contribution in [0.15, 0.2) is 58.9 Å². The Hall–Kier alpha value is -1.76. The number of thiophene rings is 1. The fraction of sp³-hybridized carbons (Fsp3) is 0.235. The van der Waals surface area contributed by atoms with Gasteiger partial charge in [-0.2, -0.15) is 4.31 Å². The van der Waals surface area contributed by atoms with Crippen molar-refractivity contribution >= 4 is 32.3 Å². The van der Waals surface area contributed by atoms with E-state index in [1.165, 1.54) is 4.88 Å². The van der Waals surface area contributed by atoms with Gasteiger partial charge in [-0.3, -0.25) is 4.98 Å². The summed E-state index contributed by atoms with van der Waals surface area (Å²) in [6, 6.07) is 13.1. The number of hydrogen-bond donors (Lipinski definition) is 0. The Balaban J connectivity index is 1.70. The van der Waals surface area contributed by atoms with Crippen molar-refractivity contribution in [2.45, 2.75) is 17.2 Å². The first-order valence-electron chi connectivity index (χ1n) is 7.53. The van der Waals surface area contributed by atoms with Crippen LogP contribution in [0, 0.1) is 0 Å². The Labute approximate surface area is 139 Å². The molecule has 0 spiro atoms. The highest BCUT2D eigenvalue weighted by molar-refractivity contribution is 7.89. The van der Waals surface area contributed by atoms with Crippen molar-refractivity contribution in [3.05, 3.63) is 58.9 Å². The molecule has 0 amide bonds. The lowest BCUT2D eigenvalue weighted by Crippen LogP contribution is -2.28. The van der Waals surface area contributed by atoms with Crippen molar-refractivity contribution < 1.29 is 8.42 Å². The number of benzene rings is 1. The van der Waals surface area contributed by atoms with Gasteiger partial charge in [0, 0.05) is 35.5 Å². The molecule has 0 radical (unpaired) electrons. The maximum Gasteiger partial charge on any atom is 0.245 e. The van der Waals surface area contributed by atoms with Crippen molar-refractivity contribution in [3.8, 4) is 0 Å². The molecule has 0 N–H and O–H groups in total. The molecule has 6 heteroatoms. The lowest BCUT2D eigenvalue weighted by molar-refractivity contribution is 0.474. The summed E-state index contributed by atoms with van der Waals surface area (Å²) >= 11 is 1.70. The van der Waals surface area contributed by atoms with E-state index in [0.29, 0.717) is 29.4 Å². The molecule has 0 saturated carbocycles. The monoisotopic (exact) mass is 344 g/mol. The Bertz CT molecular complexity index is 931. The van der Waals surface area contributed by atoms with Crippen LogP contribution >= 0.6 is 11.3 Å². The SMILES string of the molecule is O=S(=O)(c1cccc2cccnc12)N1CCC(c2cccs2)C1. The number of pyridine rings is 1. The third kappa shape index (κ3) is 2.56. The second kappa shape index (κ2) is 5.70. The molecule has 118 valence electrons. The van der Waals surface area contributed by atoms with Crippen LogP contribution in [0.25, 0.3) is 10.9 Å². The van der Waals surface area contributed by atoms with Crippen molar-refractivity contribution in [2.24, 2.45) is 0 Å². The van der Waals surface area contributed by atoms with E-state index in [1.807, 2.05) is 29.6 Å². The van der Waals surface area contributed by atoms with Crippen molar-refractivity contribution in [3.63, 3.8) is 0 Å². The summed E-state index contributed by atoms with van der Waals surface area (Å²) in [5.74, 6) is 0.299. The predicted octanol–water partition coefficient (Wildman–Crippen LogP) is 3.47. The average Bonchev–Trinajstić information content (AvgIpc) is 3.25. The van der Waals surface area contributed by atoms with Gasteiger partial charge in [-0.05, 0) is 30.0 Å². The molecule has 3 aromatic rings. The highest BCUT2D eigenvalue weighted by Gasteiger charge is 2.34. The number of para-hydroxylation sites is 1. The Morgan fingerprint density at radius 2 is 2.00 bits per heavy atom. The van der Waals surface area contributed by atoms with Crippen LogP contribution in [0.1, 0.15) is 17.2 Å². The minimum absolute atomic E-state index is 0.299. The van der Waals surface area contributed by atoms with E-state index in [2.05, 4.69) is 11.1 Å². The Morgan fingerprint density at radius 1 is 1.13 bits per heavy atom. The molecule has 1 fully saturated rings. The molecule has 1 unspecified atom stereocenters. The molecule has 23 heavy (non-hydrogen) atoms. The second-order valence-corrected chi connectivity index (χ2v) is 8.58. The minimum Gasteiger partial charge on any atom is -0.255 e. The number of aromatic nitrogens is 1. The summed E-state index contributed by atoms with van der Waals surface area (Å²) in [7, 11) is -3.51. The largest absolute Gasteiger partial charge is 0.255 e. The summed E-state index contributed by atoms with van der Waals surface area (Å²) in [6.45, 7) is 1.11. The van der Waals surface area contributed by atoms with Gasteiger partial charge in [-0.15, -0.1) is 11.3 Å². The number of rotatable bonds is 3. The molecule has 1 aliphatic heterocycles. The van der Waals surface area contributed by atoms with E-state index in [-0.39, 0.29) is 0 Å². The van der Waals surface area contributed by atoms with Crippen LogP contribution in [-0.4, -0.2) is 30.8 Å². The third-order valence-electron chi connectivity index (χ3n) is 4.31. The number of fused-ring (bicyclic) bond motifs is 1. The van der Waals surface area contributed by atoms with Crippen molar-refractivity contribution in [1.29, 1.82) is 0 Å². The first-order chi connectivity index (χ1) is 11.2. The Kier molecular flexibility index (Phi) is 3.67. The lowest BCUT2D eigenvalue weighted by Gasteiger charge is -2.17. The second-order valence-electron chi connectivity index (χ2n) is 5.70. The summed E-state index contributed by atoms with van der Waals surface area (Å²) in [4.78, 5) is 5.85. The van der Waals surface area contributed by atoms with E-state index in [1.54, 1.807) is 34.0 Å². The van der Waals surface area contributed by atoms with Gasteiger partial charge in [-0.25, -0.2) is 8.42 Å². The molecule has 1 aliphatic rings.